The summed E-state index contributed by atoms with van der Waals surface area (Å²) in [6.07, 6.45) is 6.63. The molecule has 0 bridgehead atoms. The Morgan fingerprint density at radius 3 is 2.53 bits per heavy atom. The first-order valence-corrected chi connectivity index (χ1v) is 7.56. The van der Waals surface area contributed by atoms with Gasteiger partial charge in [0.2, 0.25) is 0 Å². The van der Waals surface area contributed by atoms with E-state index in [4.69, 9.17) is 0 Å². The second-order valence-corrected chi connectivity index (χ2v) is 6.13. The molecule has 2 aliphatic rings. The van der Waals surface area contributed by atoms with Crippen LogP contribution in [0.25, 0.3) is 0 Å². The number of rotatable bonds is 2. The Kier molecular flexibility index (Phi) is 3.60. The molecule has 0 aromatic heterocycles. The molecule has 0 unspecified atom stereocenters. The van der Waals surface area contributed by atoms with Gasteiger partial charge in [0.15, 0.2) is 5.78 Å². The van der Waals surface area contributed by atoms with E-state index in [1.807, 2.05) is 24.3 Å². The van der Waals surface area contributed by atoms with Crippen LogP contribution in [0.1, 0.15) is 36.0 Å². The fourth-order valence-corrected chi connectivity index (χ4v) is 3.26. The Morgan fingerprint density at radius 2 is 1.89 bits per heavy atom. The number of nitrogens with one attached hydrogen (secondary N) is 2. The van der Waals surface area contributed by atoms with E-state index in [0.717, 1.165) is 10.3 Å². The molecular weight excluding hydrogens is 304 g/mol. The van der Waals surface area contributed by atoms with Crippen molar-refractivity contribution in [3.05, 3.63) is 46.2 Å². The minimum atomic E-state index is 0.0370. The molecule has 1 aliphatic carbocycles. The van der Waals surface area contributed by atoms with Crippen molar-refractivity contribution < 1.29 is 4.79 Å². The number of benzene rings is 1. The zero-order chi connectivity index (χ0) is 13.2. The number of carbonyl (C=O) groups is 1. The largest absolute Gasteiger partial charge is 0.367 e. The van der Waals surface area contributed by atoms with E-state index in [0.29, 0.717) is 17.6 Å². The van der Waals surface area contributed by atoms with Crippen molar-refractivity contribution in [2.24, 2.45) is 0 Å². The standard InChI is InChI=1S/C15H17BrN2O/c16-11-5-3-4-10(8-11)14(19)9-15-17-12-6-1-2-7-13(12)18-15/h3-5,8-9,12-13,17-18H,1-2,6-7H2/t12-,13-/m0/s1. The van der Waals surface area contributed by atoms with Crippen LogP contribution in [0.15, 0.2) is 40.6 Å². The lowest BCUT2D eigenvalue weighted by molar-refractivity contribution is 0.104. The molecular formula is C15H17BrN2O. The predicted molar refractivity (Wildman–Crippen MR) is 78.9 cm³/mol. The molecule has 3 nitrogen and oxygen atoms in total. The third-order valence-electron chi connectivity index (χ3n) is 3.83. The SMILES string of the molecule is O=C(C=C1N[C@H]2CCCC[C@@H]2N1)c1cccc(Br)c1. The van der Waals surface area contributed by atoms with E-state index in [-0.39, 0.29) is 5.78 Å². The summed E-state index contributed by atoms with van der Waals surface area (Å²) < 4.78 is 0.928. The van der Waals surface area contributed by atoms with Crippen LogP contribution in [0, 0.1) is 0 Å². The van der Waals surface area contributed by atoms with Crippen molar-refractivity contribution in [1.29, 1.82) is 0 Å². The Hall–Kier alpha value is -1.29. The van der Waals surface area contributed by atoms with Gasteiger partial charge < -0.3 is 10.6 Å². The van der Waals surface area contributed by atoms with E-state index in [9.17, 15) is 4.79 Å². The molecule has 2 fully saturated rings. The van der Waals surface area contributed by atoms with Crippen LogP contribution in [-0.4, -0.2) is 17.9 Å². The predicted octanol–water partition coefficient (Wildman–Crippen LogP) is 2.98. The molecule has 1 aromatic carbocycles. The average Bonchev–Trinajstić information content (AvgIpc) is 2.80. The van der Waals surface area contributed by atoms with Gasteiger partial charge in [-0.2, -0.15) is 0 Å². The highest BCUT2D eigenvalue weighted by atomic mass is 79.9. The second-order valence-electron chi connectivity index (χ2n) is 5.22. The van der Waals surface area contributed by atoms with Crippen LogP contribution in [0.2, 0.25) is 0 Å². The summed E-state index contributed by atoms with van der Waals surface area (Å²) in [6.45, 7) is 0. The molecule has 2 atom stereocenters. The lowest BCUT2D eigenvalue weighted by atomic mass is 9.92. The Balaban J connectivity index is 1.74. The zero-order valence-corrected chi connectivity index (χ0v) is 12.2. The number of halogens is 1. The second kappa shape index (κ2) is 5.37. The van der Waals surface area contributed by atoms with Gasteiger partial charge in [-0.25, -0.2) is 0 Å². The number of carbonyl (C=O) groups excluding carboxylic acids is 1. The molecule has 0 radical (unpaired) electrons. The van der Waals surface area contributed by atoms with Gasteiger partial charge in [0, 0.05) is 28.2 Å². The zero-order valence-electron chi connectivity index (χ0n) is 10.7. The van der Waals surface area contributed by atoms with Gasteiger partial charge in [0.05, 0.1) is 0 Å². The molecule has 1 heterocycles. The summed E-state index contributed by atoms with van der Waals surface area (Å²) in [6, 6.07) is 8.48. The highest BCUT2D eigenvalue weighted by Gasteiger charge is 2.31. The van der Waals surface area contributed by atoms with Crippen LogP contribution < -0.4 is 10.6 Å². The summed E-state index contributed by atoms with van der Waals surface area (Å²) in [4.78, 5) is 12.2. The van der Waals surface area contributed by atoms with Gasteiger partial charge in [-0.05, 0) is 25.0 Å². The molecule has 2 N–H and O–H groups in total. The molecule has 1 aliphatic heterocycles. The molecule has 1 aromatic rings. The Morgan fingerprint density at radius 1 is 1.21 bits per heavy atom. The number of allylic oxidation sites excluding steroid dienone is 1. The first-order chi connectivity index (χ1) is 9.22. The molecule has 0 amide bonds. The van der Waals surface area contributed by atoms with E-state index in [1.54, 1.807) is 6.08 Å². The van der Waals surface area contributed by atoms with Gasteiger partial charge in [-0.1, -0.05) is 40.9 Å². The summed E-state index contributed by atoms with van der Waals surface area (Å²) in [5.74, 6) is 0.914. The summed E-state index contributed by atoms with van der Waals surface area (Å²) >= 11 is 3.39. The van der Waals surface area contributed by atoms with Crippen molar-refractivity contribution in [2.45, 2.75) is 37.8 Å². The molecule has 3 rings (SSSR count). The Bertz CT molecular complexity index is 511. The smallest absolute Gasteiger partial charge is 0.189 e. The van der Waals surface area contributed by atoms with Gasteiger partial charge >= 0.3 is 0 Å². The highest BCUT2D eigenvalue weighted by molar-refractivity contribution is 9.10. The van der Waals surface area contributed by atoms with Crippen LogP contribution in [0.5, 0.6) is 0 Å². The van der Waals surface area contributed by atoms with Crippen LogP contribution in [-0.2, 0) is 0 Å². The number of ketones is 1. The quantitative estimate of drug-likeness (QED) is 0.650. The lowest BCUT2D eigenvalue weighted by Crippen LogP contribution is -2.36. The van der Waals surface area contributed by atoms with Gasteiger partial charge in [-0.3, -0.25) is 4.79 Å². The van der Waals surface area contributed by atoms with Crippen molar-refractivity contribution >= 4 is 21.7 Å². The van der Waals surface area contributed by atoms with Crippen molar-refractivity contribution in [3.63, 3.8) is 0 Å². The van der Waals surface area contributed by atoms with Crippen LogP contribution in [0.4, 0.5) is 0 Å². The molecule has 1 saturated carbocycles. The number of fused-ring (bicyclic) bond motifs is 1. The summed E-state index contributed by atoms with van der Waals surface area (Å²) in [5, 5.41) is 6.85. The Labute approximate surface area is 121 Å². The van der Waals surface area contributed by atoms with Crippen molar-refractivity contribution in [2.75, 3.05) is 0 Å². The topological polar surface area (TPSA) is 41.1 Å². The molecule has 4 heteroatoms. The van der Waals surface area contributed by atoms with Gasteiger partial charge in [0.25, 0.3) is 0 Å². The average molecular weight is 321 g/mol. The third kappa shape index (κ3) is 2.84. The fraction of sp³-hybridized carbons (Fsp3) is 0.400. The molecule has 0 spiro atoms. The fourth-order valence-electron chi connectivity index (χ4n) is 2.86. The third-order valence-corrected chi connectivity index (χ3v) is 4.33. The van der Waals surface area contributed by atoms with E-state index >= 15 is 0 Å². The lowest BCUT2D eigenvalue weighted by Gasteiger charge is -2.23. The van der Waals surface area contributed by atoms with E-state index in [1.165, 1.54) is 25.7 Å². The number of hydrogen-bond acceptors (Lipinski definition) is 3. The molecule has 19 heavy (non-hydrogen) atoms. The van der Waals surface area contributed by atoms with Crippen molar-refractivity contribution in [3.8, 4) is 0 Å². The van der Waals surface area contributed by atoms with E-state index in [2.05, 4.69) is 26.6 Å². The highest BCUT2D eigenvalue weighted by Crippen LogP contribution is 2.24. The maximum atomic E-state index is 12.2. The van der Waals surface area contributed by atoms with Crippen molar-refractivity contribution in [1.82, 2.24) is 10.6 Å². The summed E-state index contributed by atoms with van der Waals surface area (Å²) in [5.41, 5.74) is 0.709. The minimum absolute atomic E-state index is 0.0370. The summed E-state index contributed by atoms with van der Waals surface area (Å²) in [7, 11) is 0. The minimum Gasteiger partial charge on any atom is -0.367 e. The van der Waals surface area contributed by atoms with Crippen LogP contribution in [0.3, 0.4) is 0 Å². The molecule has 100 valence electrons. The maximum Gasteiger partial charge on any atom is 0.189 e. The van der Waals surface area contributed by atoms with Gasteiger partial charge in [0.1, 0.15) is 5.82 Å². The monoisotopic (exact) mass is 320 g/mol. The van der Waals surface area contributed by atoms with Gasteiger partial charge in [-0.15, -0.1) is 0 Å². The first kappa shape index (κ1) is 12.7. The van der Waals surface area contributed by atoms with Crippen LogP contribution >= 0.6 is 15.9 Å². The first-order valence-electron chi connectivity index (χ1n) is 6.77. The maximum absolute atomic E-state index is 12.2. The normalized spacial score (nSPS) is 25.2. The number of hydrogen-bond donors (Lipinski definition) is 2. The molecule has 1 saturated heterocycles. The van der Waals surface area contributed by atoms with E-state index < -0.39 is 0 Å².